The lowest BCUT2D eigenvalue weighted by Crippen LogP contribution is -2.31. The summed E-state index contributed by atoms with van der Waals surface area (Å²) in [6.07, 6.45) is 2.59. The number of halogens is 1. The van der Waals surface area contributed by atoms with Crippen LogP contribution in [0.3, 0.4) is 0 Å². The lowest BCUT2D eigenvalue weighted by Gasteiger charge is -2.03. The molecule has 0 aromatic carbocycles. The predicted octanol–water partition coefficient (Wildman–Crippen LogP) is 0.748. The summed E-state index contributed by atoms with van der Waals surface area (Å²) in [6, 6.07) is 0. The second kappa shape index (κ2) is 14.7. The summed E-state index contributed by atoms with van der Waals surface area (Å²) in [5.74, 6) is 0.451. The number of nitrogens with zero attached hydrogens (tertiary/aromatic N) is 1. The molecule has 0 aliphatic rings. The Balaban J connectivity index is 0. The van der Waals surface area contributed by atoms with Crippen LogP contribution in [0.15, 0.2) is 17.6 Å². The normalized spacial score (nSPS) is 10.7. The second-order valence-corrected chi connectivity index (χ2v) is 2.90. The van der Waals surface area contributed by atoms with E-state index in [2.05, 4.69) is 16.9 Å². The molecule has 0 radical (unpaired) electrons. The van der Waals surface area contributed by atoms with Crippen molar-refractivity contribution in [2.45, 2.75) is 6.42 Å². The Morgan fingerprint density at radius 1 is 1.44 bits per heavy atom. The fourth-order valence-corrected chi connectivity index (χ4v) is 0.843. The summed E-state index contributed by atoms with van der Waals surface area (Å²) in [7, 11) is 1.65. The molecule has 0 aromatic heterocycles. The van der Waals surface area contributed by atoms with Gasteiger partial charge >= 0.3 is 0 Å². The van der Waals surface area contributed by atoms with E-state index in [4.69, 9.17) is 15.2 Å². The summed E-state index contributed by atoms with van der Waals surface area (Å²) >= 11 is 0. The zero-order valence-electron chi connectivity index (χ0n) is 9.78. The first-order valence-corrected chi connectivity index (χ1v) is 5.02. The lowest BCUT2D eigenvalue weighted by molar-refractivity contribution is 0.0702. The standard InChI is InChI=1S/C10H21N3O2.HI/c1-3-5-12-10(11)13-6-4-7-15-9-8-14-2;/h3H,1,4-9H2,2H3,(H3,11,12,13);1H. The largest absolute Gasteiger partial charge is 0.382 e. The molecule has 0 saturated heterocycles. The van der Waals surface area contributed by atoms with Crippen LogP contribution in [-0.4, -0.2) is 46.0 Å². The average Bonchev–Trinajstić information content (AvgIpc) is 2.25. The van der Waals surface area contributed by atoms with Gasteiger partial charge in [0.2, 0.25) is 0 Å². The molecule has 0 aliphatic carbocycles. The van der Waals surface area contributed by atoms with Gasteiger partial charge in [-0.05, 0) is 6.42 Å². The van der Waals surface area contributed by atoms with Crippen LogP contribution in [0.1, 0.15) is 6.42 Å². The van der Waals surface area contributed by atoms with Gasteiger partial charge in [-0.1, -0.05) is 6.08 Å². The average molecular weight is 343 g/mol. The molecule has 0 unspecified atom stereocenters. The van der Waals surface area contributed by atoms with Crippen molar-refractivity contribution in [2.75, 3.05) is 40.0 Å². The minimum absolute atomic E-state index is 0. The third-order valence-corrected chi connectivity index (χ3v) is 1.59. The van der Waals surface area contributed by atoms with Crippen LogP contribution in [0.5, 0.6) is 0 Å². The highest BCUT2D eigenvalue weighted by atomic mass is 127. The maximum absolute atomic E-state index is 5.55. The van der Waals surface area contributed by atoms with Gasteiger partial charge in [0, 0.05) is 26.8 Å². The topological polar surface area (TPSA) is 68.9 Å². The van der Waals surface area contributed by atoms with Gasteiger partial charge in [-0.15, -0.1) is 30.6 Å². The number of aliphatic imine (C=N–C) groups is 1. The van der Waals surface area contributed by atoms with E-state index in [0.29, 0.717) is 38.9 Å². The number of methoxy groups -OCH3 is 1. The number of hydrogen-bond acceptors (Lipinski definition) is 3. The Labute approximate surface area is 114 Å². The van der Waals surface area contributed by atoms with E-state index < -0.39 is 0 Å². The van der Waals surface area contributed by atoms with Gasteiger partial charge in [0.05, 0.1) is 13.2 Å². The summed E-state index contributed by atoms with van der Waals surface area (Å²) in [6.45, 7) is 6.82. The Morgan fingerprint density at radius 2 is 2.19 bits per heavy atom. The zero-order chi connectivity index (χ0) is 11.4. The molecule has 0 aliphatic heterocycles. The molecule has 0 amide bonds. The number of hydrogen-bond donors (Lipinski definition) is 2. The van der Waals surface area contributed by atoms with Crippen LogP contribution in [0.25, 0.3) is 0 Å². The molecule has 0 spiro atoms. The fraction of sp³-hybridized carbons (Fsp3) is 0.700. The van der Waals surface area contributed by atoms with Crippen molar-refractivity contribution in [3.8, 4) is 0 Å². The van der Waals surface area contributed by atoms with Gasteiger partial charge < -0.3 is 20.5 Å². The number of nitrogens with two attached hydrogens (primary N) is 1. The Bertz CT molecular complexity index is 189. The van der Waals surface area contributed by atoms with Gasteiger partial charge in [-0.3, -0.25) is 4.99 Å². The van der Waals surface area contributed by atoms with E-state index in [1.807, 2.05) is 0 Å². The van der Waals surface area contributed by atoms with Crippen LogP contribution in [0.4, 0.5) is 0 Å². The SMILES string of the molecule is C=CCNC(N)=NCCCOCCOC.I. The molecular weight excluding hydrogens is 321 g/mol. The molecule has 0 heterocycles. The lowest BCUT2D eigenvalue weighted by atomic mass is 10.4. The third kappa shape index (κ3) is 13.7. The smallest absolute Gasteiger partial charge is 0.188 e. The van der Waals surface area contributed by atoms with Crippen molar-refractivity contribution in [2.24, 2.45) is 10.7 Å². The van der Waals surface area contributed by atoms with E-state index in [0.717, 1.165) is 6.42 Å². The molecule has 0 fully saturated rings. The fourth-order valence-electron chi connectivity index (χ4n) is 0.843. The van der Waals surface area contributed by atoms with Crippen molar-refractivity contribution in [1.82, 2.24) is 5.32 Å². The first-order chi connectivity index (χ1) is 7.31. The Hall–Kier alpha value is -0.340. The van der Waals surface area contributed by atoms with Gasteiger partial charge in [0.25, 0.3) is 0 Å². The number of rotatable bonds is 9. The minimum atomic E-state index is 0. The van der Waals surface area contributed by atoms with Crippen molar-refractivity contribution >= 4 is 29.9 Å². The van der Waals surface area contributed by atoms with Crippen molar-refractivity contribution in [3.05, 3.63) is 12.7 Å². The number of ether oxygens (including phenoxy) is 2. The van der Waals surface area contributed by atoms with Crippen LogP contribution >= 0.6 is 24.0 Å². The second-order valence-electron chi connectivity index (χ2n) is 2.90. The highest BCUT2D eigenvalue weighted by Crippen LogP contribution is 1.84. The van der Waals surface area contributed by atoms with Gasteiger partial charge in [-0.2, -0.15) is 0 Å². The maximum Gasteiger partial charge on any atom is 0.188 e. The van der Waals surface area contributed by atoms with Gasteiger partial charge in [0.1, 0.15) is 0 Å². The molecule has 96 valence electrons. The predicted molar refractivity (Wildman–Crippen MR) is 77.4 cm³/mol. The summed E-state index contributed by atoms with van der Waals surface area (Å²) < 4.78 is 10.1. The quantitative estimate of drug-likeness (QED) is 0.213. The Kier molecular flexibility index (Phi) is 16.5. The molecule has 0 aromatic rings. The minimum Gasteiger partial charge on any atom is -0.382 e. The zero-order valence-corrected chi connectivity index (χ0v) is 12.1. The third-order valence-electron chi connectivity index (χ3n) is 1.59. The number of nitrogens with one attached hydrogen (secondary N) is 1. The van der Waals surface area contributed by atoms with E-state index in [-0.39, 0.29) is 24.0 Å². The summed E-state index contributed by atoms with van der Waals surface area (Å²) in [5.41, 5.74) is 5.55. The number of guanidine groups is 1. The van der Waals surface area contributed by atoms with Crippen LogP contribution in [0, 0.1) is 0 Å². The highest BCUT2D eigenvalue weighted by Gasteiger charge is 1.90. The highest BCUT2D eigenvalue weighted by molar-refractivity contribution is 14.0. The Morgan fingerprint density at radius 3 is 2.81 bits per heavy atom. The van der Waals surface area contributed by atoms with E-state index in [1.54, 1.807) is 13.2 Å². The van der Waals surface area contributed by atoms with Crippen molar-refractivity contribution in [1.29, 1.82) is 0 Å². The van der Waals surface area contributed by atoms with E-state index in [1.165, 1.54) is 0 Å². The van der Waals surface area contributed by atoms with Crippen molar-refractivity contribution in [3.63, 3.8) is 0 Å². The maximum atomic E-state index is 5.55. The molecule has 0 rings (SSSR count). The van der Waals surface area contributed by atoms with Crippen molar-refractivity contribution < 1.29 is 9.47 Å². The van der Waals surface area contributed by atoms with Gasteiger partial charge in [0.15, 0.2) is 5.96 Å². The molecule has 3 N–H and O–H groups in total. The molecule has 0 atom stereocenters. The molecule has 0 bridgehead atoms. The molecule has 6 heteroatoms. The van der Waals surface area contributed by atoms with E-state index >= 15 is 0 Å². The first-order valence-electron chi connectivity index (χ1n) is 5.02. The van der Waals surface area contributed by atoms with Crippen LogP contribution < -0.4 is 11.1 Å². The van der Waals surface area contributed by atoms with E-state index in [9.17, 15) is 0 Å². The van der Waals surface area contributed by atoms with Crippen LogP contribution in [0.2, 0.25) is 0 Å². The monoisotopic (exact) mass is 343 g/mol. The summed E-state index contributed by atoms with van der Waals surface area (Å²) in [5, 5.41) is 2.89. The molecule has 5 nitrogen and oxygen atoms in total. The van der Waals surface area contributed by atoms with Gasteiger partial charge in [-0.25, -0.2) is 0 Å². The molecule has 0 saturated carbocycles. The molecular formula is C10H22IN3O2. The summed E-state index contributed by atoms with van der Waals surface area (Å²) in [4.78, 5) is 4.10. The first kappa shape index (κ1) is 18.0. The molecule has 16 heavy (non-hydrogen) atoms. The van der Waals surface area contributed by atoms with Crippen LogP contribution in [-0.2, 0) is 9.47 Å².